The second-order valence-corrected chi connectivity index (χ2v) is 5.54. The third-order valence-corrected chi connectivity index (χ3v) is 4.03. The molecule has 3 nitrogen and oxygen atoms in total. The van der Waals surface area contributed by atoms with Gasteiger partial charge in [-0.3, -0.25) is 4.79 Å². The Morgan fingerprint density at radius 1 is 1.18 bits per heavy atom. The summed E-state index contributed by atoms with van der Waals surface area (Å²) >= 11 is 0. The van der Waals surface area contributed by atoms with Gasteiger partial charge in [-0.05, 0) is 24.6 Å². The quantitative estimate of drug-likeness (QED) is 0.671. The molecule has 0 aromatic heterocycles. The Bertz CT molecular complexity index is 810. The van der Waals surface area contributed by atoms with Crippen molar-refractivity contribution in [3.05, 3.63) is 59.2 Å². The first-order valence-electron chi connectivity index (χ1n) is 6.93. The van der Waals surface area contributed by atoms with Gasteiger partial charge < -0.3 is 9.64 Å². The zero-order chi connectivity index (χ0) is 14.6. The third kappa shape index (κ3) is 2.24. The van der Waals surface area contributed by atoms with Gasteiger partial charge in [-0.1, -0.05) is 17.2 Å². The molecule has 0 atom stereocenters. The number of likely N-dealkylation sites (N-methyl/N-ethyl adjacent to an activating group) is 1. The molecule has 4 rings (SSSR count). The number of rotatable bonds is 0. The molecule has 0 fully saturated rings. The van der Waals surface area contributed by atoms with E-state index in [-0.39, 0.29) is 38.6 Å². The van der Waals surface area contributed by atoms with Crippen LogP contribution in [0, 0.1) is 13.0 Å². The van der Waals surface area contributed by atoms with Crippen LogP contribution in [0.3, 0.4) is 0 Å². The Morgan fingerprint density at radius 2 is 1.95 bits per heavy atom. The maximum Gasteiger partial charge on any atom is 0.242 e. The van der Waals surface area contributed by atoms with Crippen molar-refractivity contribution < 1.29 is 42.2 Å². The van der Waals surface area contributed by atoms with Gasteiger partial charge in [-0.25, -0.2) is 0 Å². The van der Waals surface area contributed by atoms with Gasteiger partial charge in [0, 0.05) is 63.2 Å². The summed E-state index contributed by atoms with van der Waals surface area (Å²) in [7, 11) is 1.83. The molecule has 2 heterocycles. The molecular formula is C18H14NO2Y-. The minimum atomic E-state index is 0. The van der Waals surface area contributed by atoms with E-state index in [9.17, 15) is 4.79 Å². The van der Waals surface area contributed by atoms with E-state index < -0.39 is 0 Å². The van der Waals surface area contributed by atoms with Crippen molar-refractivity contribution in [1.29, 1.82) is 0 Å². The van der Waals surface area contributed by atoms with Crippen LogP contribution >= 0.6 is 0 Å². The smallest absolute Gasteiger partial charge is 0.242 e. The zero-order valence-electron chi connectivity index (χ0n) is 12.5. The summed E-state index contributed by atoms with van der Waals surface area (Å²) in [4.78, 5) is 14.3. The van der Waals surface area contributed by atoms with Gasteiger partial charge >= 0.3 is 0 Å². The van der Waals surface area contributed by atoms with Crippen molar-refractivity contribution in [2.75, 3.05) is 13.6 Å². The molecule has 2 aromatic rings. The predicted octanol–water partition coefficient (Wildman–Crippen LogP) is 3.28. The van der Waals surface area contributed by atoms with Gasteiger partial charge in [0.05, 0.1) is 0 Å². The fraction of sp³-hybridized carbons (Fsp3) is 0.167. The first-order valence-corrected chi connectivity index (χ1v) is 6.93. The number of carbonyl (C=O) groups is 1. The molecule has 0 bridgehead atoms. The van der Waals surface area contributed by atoms with Gasteiger partial charge in [0.1, 0.15) is 5.75 Å². The summed E-state index contributed by atoms with van der Waals surface area (Å²) in [6.45, 7) is 2.66. The van der Waals surface area contributed by atoms with E-state index in [4.69, 9.17) is 4.74 Å². The first kappa shape index (κ1) is 15.4. The van der Waals surface area contributed by atoms with Gasteiger partial charge in [0.25, 0.3) is 0 Å². The van der Waals surface area contributed by atoms with Gasteiger partial charge in [0.15, 0.2) is 0 Å². The van der Waals surface area contributed by atoms with Crippen molar-refractivity contribution in [2.45, 2.75) is 6.92 Å². The summed E-state index contributed by atoms with van der Waals surface area (Å²) in [5, 5.41) is 0. The molecule has 0 unspecified atom stereocenters. The summed E-state index contributed by atoms with van der Waals surface area (Å²) in [6, 6.07) is 14.6. The monoisotopic (exact) mass is 365 g/mol. The largest absolute Gasteiger partial charge is 0.482 e. The molecule has 0 N–H and O–H groups in total. The van der Waals surface area contributed by atoms with Crippen LogP contribution in [0.1, 0.15) is 16.7 Å². The number of amides is 1. The Labute approximate surface area is 154 Å². The van der Waals surface area contributed by atoms with Crippen molar-refractivity contribution in [1.82, 2.24) is 4.90 Å². The average Bonchev–Trinajstić information content (AvgIpc) is 2.70. The first-order chi connectivity index (χ1) is 10.1. The fourth-order valence-corrected chi connectivity index (χ4v) is 2.99. The van der Waals surface area contributed by atoms with Crippen LogP contribution in [0.25, 0.3) is 11.1 Å². The molecule has 1 radical (unpaired) electrons. The molecular weight excluding hydrogens is 351 g/mol. The van der Waals surface area contributed by atoms with Gasteiger partial charge in [-0.15, -0.1) is 6.07 Å². The molecule has 0 spiro atoms. The van der Waals surface area contributed by atoms with Gasteiger partial charge in [-0.2, -0.15) is 18.2 Å². The second kappa shape index (κ2) is 5.64. The third-order valence-electron chi connectivity index (χ3n) is 4.03. The molecule has 0 aliphatic carbocycles. The SMILES string of the molecule is Cc1ccc2c(c1)C1=C(C(=O)N(C)C1)c1c[c-]ccc1O2.[Y]. The van der Waals surface area contributed by atoms with Crippen molar-refractivity contribution in [3.63, 3.8) is 0 Å². The van der Waals surface area contributed by atoms with Crippen molar-refractivity contribution in [2.24, 2.45) is 0 Å². The normalized spacial score (nSPS) is 15.4. The molecule has 4 heteroatoms. The van der Waals surface area contributed by atoms with E-state index in [0.717, 1.165) is 33.6 Å². The second-order valence-electron chi connectivity index (χ2n) is 5.54. The van der Waals surface area contributed by atoms with Crippen LogP contribution in [0.2, 0.25) is 0 Å². The van der Waals surface area contributed by atoms with E-state index in [1.807, 2.05) is 38.2 Å². The molecule has 2 aliphatic heterocycles. The molecule has 2 aromatic carbocycles. The molecule has 2 aliphatic rings. The Morgan fingerprint density at radius 3 is 2.77 bits per heavy atom. The number of nitrogens with zero attached hydrogens (tertiary/aromatic N) is 1. The molecule has 1 amide bonds. The number of hydrogen-bond acceptors (Lipinski definition) is 2. The molecule has 0 saturated carbocycles. The van der Waals surface area contributed by atoms with Crippen LogP contribution in [0.5, 0.6) is 11.5 Å². The number of fused-ring (bicyclic) bond motifs is 4. The van der Waals surface area contributed by atoms with Crippen LogP contribution in [-0.2, 0) is 37.5 Å². The van der Waals surface area contributed by atoms with Crippen LogP contribution in [0.15, 0.2) is 36.4 Å². The van der Waals surface area contributed by atoms with Crippen LogP contribution < -0.4 is 4.74 Å². The van der Waals surface area contributed by atoms with E-state index in [1.165, 1.54) is 0 Å². The van der Waals surface area contributed by atoms with E-state index in [2.05, 4.69) is 12.1 Å². The summed E-state index contributed by atoms with van der Waals surface area (Å²) < 4.78 is 6.04. The molecule has 22 heavy (non-hydrogen) atoms. The maximum absolute atomic E-state index is 12.5. The van der Waals surface area contributed by atoms with Crippen LogP contribution in [0.4, 0.5) is 0 Å². The molecule has 107 valence electrons. The summed E-state index contributed by atoms with van der Waals surface area (Å²) in [6.07, 6.45) is 0. The number of carbonyl (C=O) groups excluding carboxylic acids is 1. The predicted molar refractivity (Wildman–Crippen MR) is 81.0 cm³/mol. The minimum absolute atomic E-state index is 0. The average molecular weight is 365 g/mol. The number of benzene rings is 2. The fourth-order valence-electron chi connectivity index (χ4n) is 2.99. The maximum atomic E-state index is 12.5. The van der Waals surface area contributed by atoms with E-state index >= 15 is 0 Å². The number of hydrogen-bond donors (Lipinski definition) is 0. The van der Waals surface area contributed by atoms with Crippen molar-refractivity contribution in [3.8, 4) is 11.5 Å². The Hall–Kier alpha value is -1.45. The van der Waals surface area contributed by atoms with Crippen molar-refractivity contribution >= 4 is 17.1 Å². The number of aryl methyl sites for hydroxylation is 1. The topological polar surface area (TPSA) is 29.5 Å². The van der Waals surface area contributed by atoms with E-state index in [1.54, 1.807) is 11.0 Å². The zero-order valence-corrected chi connectivity index (χ0v) is 15.4. The van der Waals surface area contributed by atoms with Gasteiger partial charge in [0.2, 0.25) is 5.91 Å². The Balaban J connectivity index is 0.00000144. The van der Waals surface area contributed by atoms with Crippen LogP contribution in [-0.4, -0.2) is 24.4 Å². The minimum Gasteiger partial charge on any atom is -0.482 e. The van der Waals surface area contributed by atoms with E-state index in [0.29, 0.717) is 12.3 Å². The summed E-state index contributed by atoms with van der Waals surface area (Å²) in [5.41, 5.74) is 4.78. The summed E-state index contributed by atoms with van der Waals surface area (Å²) in [5.74, 6) is 1.57. The standard InChI is InChI=1S/C18H14NO2.Y/c1-11-7-8-16-13(9-11)14-10-19(2)18(20)17(14)12-5-3-4-6-15(12)21-16;/h4-9H,10H2,1-2H3;/q-1;. The number of ether oxygens (including phenoxy) is 1. The Kier molecular flexibility index (Phi) is 3.96. The molecule has 0 saturated heterocycles.